The van der Waals surface area contributed by atoms with Gasteiger partial charge in [0.2, 0.25) is 0 Å². The first kappa shape index (κ1) is 25.3. The van der Waals surface area contributed by atoms with Crippen LogP contribution in [0.1, 0.15) is 29.3 Å². The van der Waals surface area contributed by atoms with Gasteiger partial charge < -0.3 is 10.2 Å². The number of aromatic nitrogens is 5. The molecule has 5 aromatic rings. The maximum absolute atomic E-state index is 13.6. The first-order valence-corrected chi connectivity index (χ1v) is 13.4. The number of aryl methyl sites for hydroxylation is 2. The van der Waals surface area contributed by atoms with Gasteiger partial charge in [0.05, 0.1) is 17.9 Å². The lowest BCUT2D eigenvalue weighted by molar-refractivity contribution is 0.206. The smallest absolute Gasteiger partial charge is 0.320 e. The van der Waals surface area contributed by atoms with Gasteiger partial charge in [-0.1, -0.05) is 31.2 Å². The highest BCUT2D eigenvalue weighted by Gasteiger charge is 2.27. The van der Waals surface area contributed by atoms with E-state index in [0.717, 1.165) is 56.9 Å². The SMILES string of the molecule is CCc1cc(NC(=O)N2CCc3nc(-c4cccnc4)nc(-c4ccccc4C)c3C2)cc(-c2ncccn2)c1. The predicted molar refractivity (Wildman–Crippen MR) is 155 cm³/mol. The number of carbonyl (C=O) groups is 1. The first-order chi connectivity index (χ1) is 19.6. The molecule has 0 unspecified atom stereocenters. The van der Waals surface area contributed by atoms with Gasteiger partial charge in [-0.3, -0.25) is 4.98 Å². The highest BCUT2D eigenvalue weighted by atomic mass is 16.2. The van der Waals surface area contributed by atoms with Crippen molar-refractivity contribution in [3.8, 4) is 34.0 Å². The van der Waals surface area contributed by atoms with Crippen molar-refractivity contribution in [2.45, 2.75) is 33.2 Å². The summed E-state index contributed by atoms with van der Waals surface area (Å²) in [5, 5.41) is 3.12. The number of hydrogen-bond donors (Lipinski definition) is 1. The number of benzene rings is 2. The zero-order valence-corrected chi connectivity index (χ0v) is 22.5. The number of nitrogens with zero attached hydrogens (tertiary/aromatic N) is 6. The van der Waals surface area contributed by atoms with E-state index in [1.807, 2.05) is 41.3 Å². The molecule has 0 atom stereocenters. The van der Waals surface area contributed by atoms with Gasteiger partial charge in [-0.05, 0) is 60.9 Å². The normalized spacial score (nSPS) is 12.6. The minimum Gasteiger partial charge on any atom is -0.320 e. The number of nitrogens with one attached hydrogen (secondary N) is 1. The Balaban J connectivity index is 1.32. The monoisotopic (exact) mass is 527 g/mol. The minimum absolute atomic E-state index is 0.161. The predicted octanol–water partition coefficient (Wildman–Crippen LogP) is 6.12. The van der Waals surface area contributed by atoms with Crippen LogP contribution in [0.25, 0.3) is 34.0 Å². The minimum atomic E-state index is -0.161. The van der Waals surface area contributed by atoms with Crippen LogP contribution >= 0.6 is 0 Å². The van der Waals surface area contributed by atoms with Crippen LogP contribution in [0.3, 0.4) is 0 Å². The van der Waals surface area contributed by atoms with Crippen LogP contribution in [0.5, 0.6) is 0 Å². The van der Waals surface area contributed by atoms with Crippen molar-refractivity contribution in [3.63, 3.8) is 0 Å². The van der Waals surface area contributed by atoms with Crippen molar-refractivity contribution < 1.29 is 4.79 Å². The van der Waals surface area contributed by atoms with Gasteiger partial charge in [-0.15, -0.1) is 0 Å². The maximum atomic E-state index is 13.6. The molecule has 40 heavy (non-hydrogen) atoms. The molecule has 0 aliphatic carbocycles. The van der Waals surface area contributed by atoms with E-state index >= 15 is 0 Å². The highest BCUT2D eigenvalue weighted by Crippen LogP contribution is 2.33. The van der Waals surface area contributed by atoms with Gasteiger partial charge in [0.1, 0.15) is 0 Å². The summed E-state index contributed by atoms with van der Waals surface area (Å²) in [5.74, 6) is 1.28. The molecule has 1 aliphatic rings. The summed E-state index contributed by atoms with van der Waals surface area (Å²) in [6.07, 6.45) is 8.43. The number of rotatable bonds is 5. The van der Waals surface area contributed by atoms with Crippen LogP contribution in [0.2, 0.25) is 0 Å². The Bertz CT molecular complexity index is 1670. The van der Waals surface area contributed by atoms with Crippen molar-refractivity contribution in [2.75, 3.05) is 11.9 Å². The fourth-order valence-electron chi connectivity index (χ4n) is 5.02. The number of carbonyl (C=O) groups excluding carboxylic acids is 1. The van der Waals surface area contributed by atoms with Crippen LogP contribution in [0.15, 0.2) is 85.5 Å². The molecule has 0 bridgehead atoms. The number of fused-ring (bicyclic) bond motifs is 1. The lowest BCUT2D eigenvalue weighted by atomic mass is 9.96. The van der Waals surface area contributed by atoms with Crippen molar-refractivity contribution in [1.82, 2.24) is 29.8 Å². The van der Waals surface area contributed by atoms with Crippen LogP contribution in [-0.4, -0.2) is 42.4 Å². The molecule has 2 aromatic carbocycles. The van der Waals surface area contributed by atoms with E-state index in [0.29, 0.717) is 31.2 Å². The molecule has 198 valence electrons. The fourth-order valence-corrected chi connectivity index (χ4v) is 5.02. The summed E-state index contributed by atoms with van der Waals surface area (Å²) in [7, 11) is 0. The first-order valence-electron chi connectivity index (χ1n) is 13.4. The number of urea groups is 1. The second kappa shape index (κ2) is 11.0. The topological polar surface area (TPSA) is 96.8 Å². The van der Waals surface area contributed by atoms with Crippen molar-refractivity contribution in [3.05, 3.63) is 108 Å². The zero-order valence-electron chi connectivity index (χ0n) is 22.5. The third-order valence-corrected chi connectivity index (χ3v) is 7.14. The van der Waals surface area contributed by atoms with E-state index in [-0.39, 0.29) is 6.03 Å². The van der Waals surface area contributed by atoms with Crippen molar-refractivity contribution in [1.29, 1.82) is 0 Å². The third-order valence-electron chi connectivity index (χ3n) is 7.14. The molecule has 0 fully saturated rings. The Hall–Kier alpha value is -4.98. The van der Waals surface area contributed by atoms with E-state index in [2.05, 4.69) is 52.3 Å². The van der Waals surface area contributed by atoms with E-state index in [1.54, 1.807) is 30.9 Å². The fraction of sp³-hybridized carbons (Fsp3) is 0.188. The van der Waals surface area contributed by atoms with Gasteiger partial charge in [0.25, 0.3) is 0 Å². The Morgan fingerprint density at radius 1 is 0.925 bits per heavy atom. The molecule has 1 aliphatic heterocycles. The Labute approximate surface area is 233 Å². The average molecular weight is 528 g/mol. The summed E-state index contributed by atoms with van der Waals surface area (Å²) in [4.78, 5) is 38.3. The standard InChI is InChI=1S/C32H29N7O/c1-3-22-16-24(30-34-13-7-14-35-30)18-25(17-22)36-32(40)39-15-11-28-27(20-39)29(26-10-5-4-8-21(26)2)38-31(37-28)23-9-6-12-33-19-23/h4-10,12-14,16-19H,3,11,15,20H2,1-2H3,(H,36,40). The number of amides is 2. The molecule has 0 radical (unpaired) electrons. The molecular weight excluding hydrogens is 498 g/mol. The highest BCUT2D eigenvalue weighted by molar-refractivity contribution is 5.90. The molecular formula is C32H29N7O. The summed E-state index contributed by atoms with van der Waals surface area (Å²) in [5.41, 5.74) is 8.52. The molecule has 1 N–H and O–H groups in total. The van der Waals surface area contributed by atoms with Crippen LogP contribution in [0, 0.1) is 6.92 Å². The number of anilines is 1. The Morgan fingerprint density at radius 2 is 1.77 bits per heavy atom. The van der Waals surface area contributed by atoms with Gasteiger partial charge in [-0.2, -0.15) is 0 Å². The van der Waals surface area contributed by atoms with Gasteiger partial charge >= 0.3 is 6.03 Å². The number of hydrogen-bond acceptors (Lipinski definition) is 6. The molecule has 4 heterocycles. The maximum Gasteiger partial charge on any atom is 0.322 e. The average Bonchev–Trinajstić information content (AvgIpc) is 3.01. The summed E-state index contributed by atoms with van der Waals surface area (Å²) >= 11 is 0. The van der Waals surface area contributed by atoms with Crippen LogP contribution in [-0.2, 0) is 19.4 Å². The third kappa shape index (κ3) is 5.16. The molecule has 0 spiro atoms. The molecule has 3 aromatic heterocycles. The lowest BCUT2D eigenvalue weighted by Crippen LogP contribution is -2.39. The molecule has 8 heteroatoms. The summed E-state index contributed by atoms with van der Waals surface area (Å²) in [6.45, 7) is 5.14. The van der Waals surface area contributed by atoms with Gasteiger partial charge in [0, 0.05) is 65.7 Å². The largest absolute Gasteiger partial charge is 0.322 e. The second-order valence-corrected chi connectivity index (χ2v) is 9.82. The van der Waals surface area contributed by atoms with E-state index in [1.165, 1.54) is 0 Å². The Morgan fingerprint density at radius 3 is 2.55 bits per heavy atom. The van der Waals surface area contributed by atoms with Crippen LogP contribution < -0.4 is 5.32 Å². The molecule has 8 nitrogen and oxygen atoms in total. The van der Waals surface area contributed by atoms with E-state index in [4.69, 9.17) is 9.97 Å². The van der Waals surface area contributed by atoms with Crippen molar-refractivity contribution in [2.24, 2.45) is 0 Å². The molecule has 2 amide bonds. The summed E-state index contributed by atoms with van der Waals surface area (Å²) in [6, 6.07) is 19.7. The van der Waals surface area contributed by atoms with Gasteiger partial charge in [0.15, 0.2) is 11.6 Å². The number of pyridine rings is 1. The van der Waals surface area contributed by atoms with Crippen molar-refractivity contribution >= 4 is 11.7 Å². The molecule has 6 rings (SSSR count). The molecule has 0 saturated carbocycles. The van der Waals surface area contributed by atoms with Gasteiger partial charge in [-0.25, -0.2) is 24.7 Å². The quantitative estimate of drug-likeness (QED) is 0.296. The van der Waals surface area contributed by atoms with E-state index in [9.17, 15) is 4.79 Å². The summed E-state index contributed by atoms with van der Waals surface area (Å²) < 4.78 is 0. The van der Waals surface area contributed by atoms with Crippen LogP contribution in [0.4, 0.5) is 10.5 Å². The zero-order chi connectivity index (χ0) is 27.5. The Kier molecular flexibility index (Phi) is 6.97. The lowest BCUT2D eigenvalue weighted by Gasteiger charge is -2.30. The second-order valence-electron chi connectivity index (χ2n) is 9.82. The molecule has 0 saturated heterocycles. The van der Waals surface area contributed by atoms with E-state index < -0.39 is 0 Å².